The quantitative estimate of drug-likeness (QED) is 0.753. The van der Waals surface area contributed by atoms with Crippen LogP contribution in [0.3, 0.4) is 0 Å². The molecule has 1 heterocycles. The second-order valence-electron chi connectivity index (χ2n) is 3.75. The second kappa shape index (κ2) is 4.29. The van der Waals surface area contributed by atoms with Gasteiger partial charge in [0.1, 0.15) is 12.4 Å². The van der Waals surface area contributed by atoms with Crippen LogP contribution in [0.4, 0.5) is 0 Å². The number of sulfonamides is 1. The number of terminal acetylenes is 1. The molecule has 0 fully saturated rings. The monoisotopic (exact) mass is 243 g/mol. The Morgan fingerprint density at radius 1 is 1.56 bits per heavy atom. The fraction of sp³-hybridized carbons (Fsp3) is 0.400. The lowest BCUT2D eigenvalue weighted by Gasteiger charge is -2.18. The summed E-state index contributed by atoms with van der Waals surface area (Å²) in [4.78, 5) is 0. The van der Waals surface area contributed by atoms with Crippen molar-refractivity contribution in [2.45, 2.75) is 31.1 Å². The summed E-state index contributed by atoms with van der Waals surface area (Å²) in [6.07, 6.45) is 5.18. The number of aliphatic hydroxyl groups excluding tert-OH is 1. The van der Waals surface area contributed by atoms with Crippen LogP contribution in [0.1, 0.15) is 19.6 Å². The molecule has 0 unspecified atom stereocenters. The van der Waals surface area contributed by atoms with Crippen LogP contribution in [-0.2, 0) is 16.6 Å². The van der Waals surface area contributed by atoms with Gasteiger partial charge in [-0.3, -0.25) is 0 Å². The molecule has 2 N–H and O–H groups in total. The van der Waals surface area contributed by atoms with Gasteiger partial charge in [0.2, 0.25) is 5.09 Å². The summed E-state index contributed by atoms with van der Waals surface area (Å²) in [5, 5.41) is 8.49. The summed E-state index contributed by atoms with van der Waals surface area (Å²) < 4.78 is 30.7. The minimum Gasteiger partial charge on any atom is -0.446 e. The largest absolute Gasteiger partial charge is 0.446 e. The van der Waals surface area contributed by atoms with Gasteiger partial charge >= 0.3 is 0 Å². The first kappa shape index (κ1) is 12.8. The van der Waals surface area contributed by atoms with Gasteiger partial charge in [-0.15, -0.1) is 6.42 Å². The molecule has 5 nitrogen and oxygen atoms in total. The summed E-state index contributed by atoms with van der Waals surface area (Å²) in [7, 11) is -3.79. The van der Waals surface area contributed by atoms with Crippen molar-refractivity contribution in [1.82, 2.24) is 4.72 Å². The van der Waals surface area contributed by atoms with Crippen LogP contribution < -0.4 is 4.72 Å². The highest BCUT2D eigenvalue weighted by atomic mass is 32.2. The normalized spacial score (nSPS) is 12.4. The standard InChI is InChI=1S/C10H13NO4S/c1-4-10(2,3)11-16(13,14)9-6-5-8(7-12)15-9/h1,5-6,11-12H,7H2,2-3H3. The average molecular weight is 243 g/mol. The molecule has 16 heavy (non-hydrogen) atoms. The van der Waals surface area contributed by atoms with E-state index in [1.165, 1.54) is 12.1 Å². The maximum atomic E-state index is 11.8. The molecule has 0 bridgehead atoms. The molecule has 1 rings (SSSR count). The molecule has 1 aromatic heterocycles. The molecule has 6 heteroatoms. The van der Waals surface area contributed by atoms with Crippen LogP contribution in [0.15, 0.2) is 21.6 Å². The summed E-state index contributed by atoms with van der Waals surface area (Å²) in [6, 6.07) is 2.65. The highest BCUT2D eigenvalue weighted by molar-refractivity contribution is 7.89. The molecule has 0 aliphatic heterocycles. The van der Waals surface area contributed by atoms with Gasteiger partial charge in [-0.05, 0) is 26.0 Å². The first-order valence-electron chi connectivity index (χ1n) is 4.52. The third-order valence-corrected chi connectivity index (χ3v) is 3.34. The van der Waals surface area contributed by atoms with Crippen molar-refractivity contribution < 1.29 is 17.9 Å². The lowest BCUT2D eigenvalue weighted by atomic mass is 10.1. The number of aliphatic hydroxyl groups is 1. The van der Waals surface area contributed by atoms with Crippen molar-refractivity contribution in [2.24, 2.45) is 0 Å². The minimum atomic E-state index is -3.79. The molecule has 0 atom stereocenters. The molecule has 0 radical (unpaired) electrons. The fourth-order valence-electron chi connectivity index (χ4n) is 1.00. The Hall–Kier alpha value is -1.29. The molecule has 0 spiro atoms. The Morgan fingerprint density at radius 3 is 2.62 bits per heavy atom. The van der Waals surface area contributed by atoms with Gasteiger partial charge in [-0.25, -0.2) is 8.42 Å². The summed E-state index contributed by atoms with van der Waals surface area (Å²) in [6.45, 7) is 2.76. The van der Waals surface area contributed by atoms with Gasteiger partial charge in [0.15, 0.2) is 0 Å². The molecule has 88 valence electrons. The van der Waals surface area contributed by atoms with Gasteiger partial charge < -0.3 is 9.52 Å². The van der Waals surface area contributed by atoms with Crippen LogP contribution in [0.25, 0.3) is 0 Å². The minimum absolute atomic E-state index is 0.180. The van der Waals surface area contributed by atoms with E-state index >= 15 is 0 Å². The van der Waals surface area contributed by atoms with Crippen LogP contribution in [0.2, 0.25) is 0 Å². The Labute approximate surface area is 94.5 Å². The molecule has 0 aliphatic rings. The highest BCUT2D eigenvalue weighted by Gasteiger charge is 2.26. The molecule has 0 aromatic carbocycles. The van der Waals surface area contributed by atoms with E-state index in [1.54, 1.807) is 13.8 Å². The van der Waals surface area contributed by atoms with Gasteiger partial charge in [-0.1, -0.05) is 5.92 Å². The zero-order valence-electron chi connectivity index (χ0n) is 9.02. The maximum Gasteiger partial charge on any atom is 0.275 e. The Bertz CT molecular complexity index is 507. The van der Waals surface area contributed by atoms with Crippen molar-refractivity contribution in [1.29, 1.82) is 0 Å². The average Bonchev–Trinajstić information content (AvgIpc) is 2.65. The van der Waals surface area contributed by atoms with E-state index in [9.17, 15) is 8.42 Å². The molecule has 1 aromatic rings. The predicted molar refractivity (Wildman–Crippen MR) is 57.9 cm³/mol. The van der Waals surface area contributed by atoms with Crippen molar-refractivity contribution in [3.8, 4) is 12.3 Å². The molecule has 0 aliphatic carbocycles. The molecule has 0 saturated heterocycles. The summed E-state index contributed by atoms with van der Waals surface area (Å²) in [5.41, 5.74) is -0.995. The molecule has 0 saturated carbocycles. The van der Waals surface area contributed by atoms with Crippen LogP contribution in [0, 0.1) is 12.3 Å². The molecular weight excluding hydrogens is 230 g/mol. The number of furan rings is 1. The van der Waals surface area contributed by atoms with E-state index < -0.39 is 15.6 Å². The van der Waals surface area contributed by atoms with Crippen molar-refractivity contribution in [3.63, 3.8) is 0 Å². The predicted octanol–water partition coefficient (Wildman–Crippen LogP) is 0.462. The Morgan fingerprint density at radius 2 is 2.19 bits per heavy atom. The zero-order chi connectivity index (χ0) is 12.4. The number of hydrogen-bond acceptors (Lipinski definition) is 4. The summed E-state index contributed by atoms with van der Waals surface area (Å²) >= 11 is 0. The lowest BCUT2D eigenvalue weighted by molar-refractivity contribution is 0.236. The maximum absolute atomic E-state index is 11.8. The van der Waals surface area contributed by atoms with Gasteiger partial charge in [0.25, 0.3) is 10.0 Å². The Balaban J connectivity index is 3.00. The Kier molecular flexibility index (Phi) is 3.43. The van der Waals surface area contributed by atoms with Crippen LogP contribution in [-0.4, -0.2) is 19.1 Å². The van der Waals surface area contributed by atoms with Crippen LogP contribution in [0.5, 0.6) is 0 Å². The van der Waals surface area contributed by atoms with E-state index in [0.717, 1.165) is 0 Å². The fourth-order valence-corrected chi connectivity index (χ4v) is 2.30. The van der Waals surface area contributed by atoms with E-state index in [2.05, 4.69) is 10.6 Å². The van der Waals surface area contributed by atoms with Gasteiger partial charge in [0, 0.05) is 0 Å². The van der Waals surface area contributed by atoms with E-state index in [1.807, 2.05) is 0 Å². The third kappa shape index (κ3) is 2.85. The highest BCUT2D eigenvalue weighted by Crippen LogP contribution is 2.16. The molecular formula is C10H13NO4S. The van der Waals surface area contributed by atoms with Crippen molar-refractivity contribution in [2.75, 3.05) is 0 Å². The van der Waals surface area contributed by atoms with Crippen molar-refractivity contribution in [3.05, 3.63) is 17.9 Å². The van der Waals surface area contributed by atoms with Crippen molar-refractivity contribution >= 4 is 10.0 Å². The van der Waals surface area contributed by atoms with E-state index in [-0.39, 0.29) is 17.5 Å². The first-order chi connectivity index (χ1) is 7.30. The smallest absolute Gasteiger partial charge is 0.275 e. The van der Waals surface area contributed by atoms with Gasteiger partial charge in [-0.2, -0.15) is 4.72 Å². The first-order valence-corrected chi connectivity index (χ1v) is 6.00. The summed E-state index contributed by atoms with van der Waals surface area (Å²) in [5.74, 6) is 2.49. The van der Waals surface area contributed by atoms with E-state index in [4.69, 9.17) is 15.9 Å². The topological polar surface area (TPSA) is 79.5 Å². The molecule has 0 amide bonds. The second-order valence-corrected chi connectivity index (χ2v) is 5.37. The van der Waals surface area contributed by atoms with Gasteiger partial charge in [0.05, 0.1) is 5.54 Å². The number of rotatable bonds is 4. The zero-order valence-corrected chi connectivity index (χ0v) is 9.84. The number of nitrogens with one attached hydrogen (secondary N) is 1. The number of hydrogen-bond donors (Lipinski definition) is 2. The third-order valence-electron chi connectivity index (χ3n) is 1.81. The van der Waals surface area contributed by atoms with Crippen LogP contribution >= 0.6 is 0 Å². The lowest BCUT2D eigenvalue weighted by Crippen LogP contribution is -2.41. The SMILES string of the molecule is C#CC(C)(C)NS(=O)(=O)c1ccc(CO)o1. The van der Waals surface area contributed by atoms with E-state index in [0.29, 0.717) is 0 Å².